The van der Waals surface area contributed by atoms with Gasteiger partial charge in [-0.2, -0.15) is 0 Å². The van der Waals surface area contributed by atoms with E-state index in [0.29, 0.717) is 5.95 Å². The van der Waals surface area contributed by atoms with Gasteiger partial charge in [0.25, 0.3) is 0 Å². The van der Waals surface area contributed by atoms with Crippen molar-refractivity contribution >= 4 is 5.95 Å². The number of hydrogen-bond acceptors (Lipinski definition) is 3. The maximum absolute atomic E-state index is 8.76. The molecule has 0 unspecified atom stereocenters. The van der Waals surface area contributed by atoms with E-state index in [4.69, 9.17) is 5.11 Å². The van der Waals surface area contributed by atoms with E-state index in [1.54, 1.807) is 4.90 Å². The molecule has 4 heteroatoms. The Hall–Kier alpha value is -1.19. The number of nitrogens with zero attached hydrogens (tertiary/aromatic N) is 2. The van der Waals surface area contributed by atoms with Crippen LogP contribution in [0.3, 0.4) is 0 Å². The lowest BCUT2D eigenvalue weighted by Crippen LogP contribution is -2.09. The minimum absolute atomic E-state index is 0.0960. The topological polar surface area (TPSA) is 52.1 Å². The van der Waals surface area contributed by atoms with Gasteiger partial charge in [-0.1, -0.05) is 0 Å². The summed E-state index contributed by atoms with van der Waals surface area (Å²) in [5.41, 5.74) is 0. The zero-order valence-corrected chi connectivity index (χ0v) is 5.42. The second-order valence-electron chi connectivity index (χ2n) is 1.99. The summed E-state index contributed by atoms with van der Waals surface area (Å²) in [6, 6.07) is 0. The van der Waals surface area contributed by atoms with Crippen molar-refractivity contribution in [2.75, 3.05) is 19.0 Å². The fraction of sp³-hybridized carbons (Fsp3) is 0.400. The van der Waals surface area contributed by atoms with Crippen LogP contribution in [0.1, 0.15) is 0 Å². The Balaban J connectivity index is 2.85. The van der Waals surface area contributed by atoms with Gasteiger partial charge in [0.1, 0.15) is 0 Å². The van der Waals surface area contributed by atoms with Crippen LogP contribution in [0.15, 0.2) is 6.20 Å². The Morgan fingerprint density at radius 3 is 2.56 bits per heavy atom. The standard InChI is InChI=1S/C5H9N3O/c1-8(2)5-6-3-4(9)7-5/h3,9H,1-2H3,(H,6,7). The molecule has 0 aliphatic heterocycles. The first-order valence-electron chi connectivity index (χ1n) is 2.61. The van der Waals surface area contributed by atoms with E-state index >= 15 is 0 Å². The SMILES string of the molecule is CN(C)c1ncc(O)[nH]1. The van der Waals surface area contributed by atoms with Gasteiger partial charge in [-0.25, -0.2) is 4.98 Å². The number of aromatic amines is 1. The summed E-state index contributed by atoms with van der Waals surface area (Å²) < 4.78 is 0. The Kier molecular flexibility index (Phi) is 1.30. The quantitative estimate of drug-likeness (QED) is 0.566. The van der Waals surface area contributed by atoms with E-state index < -0.39 is 0 Å². The fourth-order valence-corrected chi connectivity index (χ4v) is 0.529. The first kappa shape index (κ1) is 5.94. The van der Waals surface area contributed by atoms with Crippen molar-refractivity contribution < 1.29 is 5.11 Å². The van der Waals surface area contributed by atoms with Crippen LogP contribution in [0, 0.1) is 0 Å². The molecule has 1 aromatic heterocycles. The minimum atomic E-state index is 0.0960. The maximum atomic E-state index is 8.76. The molecule has 0 amide bonds. The number of aromatic nitrogens is 2. The number of H-pyrrole nitrogens is 1. The molecule has 4 nitrogen and oxygen atoms in total. The number of rotatable bonds is 1. The third kappa shape index (κ3) is 1.13. The summed E-state index contributed by atoms with van der Waals surface area (Å²) in [4.78, 5) is 8.26. The molecule has 1 aromatic rings. The summed E-state index contributed by atoms with van der Waals surface area (Å²) in [5.74, 6) is 0.756. The first-order chi connectivity index (χ1) is 4.20. The van der Waals surface area contributed by atoms with Gasteiger partial charge in [0.05, 0.1) is 6.20 Å². The third-order valence-corrected chi connectivity index (χ3v) is 0.973. The van der Waals surface area contributed by atoms with Crippen molar-refractivity contribution in [3.8, 4) is 5.88 Å². The molecule has 0 aliphatic carbocycles. The number of nitrogens with one attached hydrogen (secondary N) is 1. The van der Waals surface area contributed by atoms with Gasteiger partial charge in [-0.15, -0.1) is 0 Å². The van der Waals surface area contributed by atoms with Crippen molar-refractivity contribution in [3.63, 3.8) is 0 Å². The summed E-state index contributed by atoms with van der Waals surface area (Å²) in [7, 11) is 3.69. The lowest BCUT2D eigenvalue weighted by molar-refractivity contribution is 0.456. The monoisotopic (exact) mass is 127 g/mol. The lowest BCUT2D eigenvalue weighted by Gasteiger charge is -2.05. The number of imidazole rings is 1. The molecule has 0 atom stereocenters. The van der Waals surface area contributed by atoms with E-state index in [9.17, 15) is 0 Å². The molecule has 0 radical (unpaired) electrons. The minimum Gasteiger partial charge on any atom is -0.493 e. The van der Waals surface area contributed by atoms with Crippen LogP contribution in [0.2, 0.25) is 0 Å². The van der Waals surface area contributed by atoms with Crippen molar-refractivity contribution in [3.05, 3.63) is 6.20 Å². The van der Waals surface area contributed by atoms with Gasteiger partial charge in [-0.05, 0) is 0 Å². The van der Waals surface area contributed by atoms with Crippen LogP contribution in [0.4, 0.5) is 5.95 Å². The zero-order valence-electron chi connectivity index (χ0n) is 5.42. The average molecular weight is 127 g/mol. The third-order valence-electron chi connectivity index (χ3n) is 0.973. The van der Waals surface area contributed by atoms with Gasteiger partial charge in [0, 0.05) is 14.1 Å². The van der Waals surface area contributed by atoms with E-state index in [1.807, 2.05) is 14.1 Å². The number of hydrogen-bond donors (Lipinski definition) is 2. The van der Waals surface area contributed by atoms with Gasteiger partial charge in [-0.3, -0.25) is 4.98 Å². The summed E-state index contributed by atoms with van der Waals surface area (Å²) in [6.45, 7) is 0. The van der Waals surface area contributed by atoms with Crippen LogP contribution in [0.25, 0.3) is 0 Å². The van der Waals surface area contributed by atoms with Crippen LogP contribution in [0.5, 0.6) is 5.88 Å². The predicted molar refractivity (Wildman–Crippen MR) is 34.6 cm³/mol. The van der Waals surface area contributed by atoms with Crippen LogP contribution in [-0.2, 0) is 0 Å². The summed E-state index contributed by atoms with van der Waals surface area (Å²) in [6.07, 6.45) is 1.37. The molecule has 0 saturated heterocycles. The Labute approximate surface area is 53.1 Å². The Morgan fingerprint density at radius 1 is 1.67 bits per heavy atom. The predicted octanol–water partition coefficient (Wildman–Crippen LogP) is 0.181. The highest BCUT2D eigenvalue weighted by atomic mass is 16.3. The lowest BCUT2D eigenvalue weighted by atomic mass is 10.8. The molecule has 0 aliphatic rings. The molecule has 1 heterocycles. The van der Waals surface area contributed by atoms with Gasteiger partial charge < -0.3 is 10.0 Å². The van der Waals surface area contributed by atoms with E-state index in [0.717, 1.165) is 0 Å². The van der Waals surface area contributed by atoms with Crippen molar-refractivity contribution in [2.24, 2.45) is 0 Å². The zero-order chi connectivity index (χ0) is 6.85. The highest BCUT2D eigenvalue weighted by Gasteiger charge is 1.97. The van der Waals surface area contributed by atoms with E-state index in [2.05, 4.69) is 9.97 Å². The van der Waals surface area contributed by atoms with Gasteiger partial charge >= 0.3 is 0 Å². The molecule has 1 rings (SSSR count). The number of aromatic hydroxyl groups is 1. The molecule has 0 aromatic carbocycles. The van der Waals surface area contributed by atoms with Crippen molar-refractivity contribution in [1.82, 2.24) is 9.97 Å². The molecule has 0 spiro atoms. The van der Waals surface area contributed by atoms with Crippen LogP contribution in [-0.4, -0.2) is 29.2 Å². The maximum Gasteiger partial charge on any atom is 0.210 e. The molecular formula is C5H9N3O. The molecular weight excluding hydrogens is 118 g/mol. The van der Waals surface area contributed by atoms with Crippen LogP contribution < -0.4 is 4.90 Å². The second-order valence-corrected chi connectivity index (χ2v) is 1.99. The second kappa shape index (κ2) is 1.97. The van der Waals surface area contributed by atoms with E-state index in [-0.39, 0.29) is 5.88 Å². The molecule has 0 bridgehead atoms. The van der Waals surface area contributed by atoms with Gasteiger partial charge in [0.15, 0.2) is 0 Å². The first-order valence-corrected chi connectivity index (χ1v) is 2.61. The highest BCUT2D eigenvalue weighted by molar-refractivity contribution is 5.29. The molecule has 0 fully saturated rings. The van der Waals surface area contributed by atoms with Gasteiger partial charge in [0.2, 0.25) is 11.8 Å². The molecule has 2 N–H and O–H groups in total. The Bertz CT molecular complexity index is 194. The molecule has 50 valence electrons. The summed E-state index contributed by atoms with van der Waals surface area (Å²) in [5, 5.41) is 8.76. The summed E-state index contributed by atoms with van der Waals surface area (Å²) >= 11 is 0. The highest BCUT2D eigenvalue weighted by Crippen LogP contribution is 2.08. The van der Waals surface area contributed by atoms with Crippen molar-refractivity contribution in [2.45, 2.75) is 0 Å². The van der Waals surface area contributed by atoms with E-state index in [1.165, 1.54) is 6.20 Å². The number of anilines is 1. The molecule has 0 saturated carbocycles. The van der Waals surface area contributed by atoms with Crippen LogP contribution >= 0.6 is 0 Å². The molecule has 9 heavy (non-hydrogen) atoms. The smallest absolute Gasteiger partial charge is 0.210 e. The van der Waals surface area contributed by atoms with Crippen molar-refractivity contribution in [1.29, 1.82) is 0 Å². The average Bonchev–Trinajstić information content (AvgIpc) is 2.14. The fourth-order valence-electron chi connectivity index (χ4n) is 0.529. The Morgan fingerprint density at radius 2 is 2.33 bits per heavy atom. The largest absolute Gasteiger partial charge is 0.493 e. The normalized spacial score (nSPS) is 9.56.